The van der Waals surface area contributed by atoms with E-state index in [2.05, 4.69) is 17.2 Å². The Morgan fingerprint density at radius 1 is 0.918 bits per heavy atom. The summed E-state index contributed by atoms with van der Waals surface area (Å²) < 4.78 is 21.3. The Hall–Kier alpha value is -5.31. The van der Waals surface area contributed by atoms with Gasteiger partial charge in [-0.05, 0) is 53.9 Å². The molecular weight excluding hydrogens is 785 g/mol. The molecule has 61 heavy (non-hydrogen) atoms. The van der Waals surface area contributed by atoms with Crippen molar-refractivity contribution in [2.75, 3.05) is 40.5 Å². The molecule has 3 aliphatic rings. The Morgan fingerprint density at radius 3 is 2.20 bits per heavy atom. The lowest BCUT2D eigenvalue weighted by molar-refractivity contribution is -0.149. The standard InChI is InChI=1S/C46H62N4O11/c1-6-25-60-45(57)46(21-22-46)48-43(55)37-26-34(61-29-33-17-12-16-31-15-10-11-18-35(31)33)28-50(37)44(56)41(30(2)3)47-42(54)36(32-13-8-7-9-14-32)27-38(51)49(23-19-39(52)58-4)24-20-40(53)59-5/h6,10-12,15-18,30,32,34,36-37,41H,1,7-9,13-14,19-29H2,2-5H3,(H,47,54)(H,48,55)/t34-,36+,37+,41+/m1/s1. The summed E-state index contributed by atoms with van der Waals surface area (Å²) in [5, 5.41) is 7.97. The normalized spacial score (nSPS) is 19.3. The van der Waals surface area contributed by atoms with Gasteiger partial charge in [0.15, 0.2) is 0 Å². The maximum absolute atomic E-state index is 14.8. The zero-order valence-electron chi connectivity index (χ0n) is 36.0. The van der Waals surface area contributed by atoms with Crippen LogP contribution in [0.5, 0.6) is 0 Å². The maximum Gasteiger partial charge on any atom is 0.332 e. The lowest BCUT2D eigenvalue weighted by atomic mass is 9.77. The van der Waals surface area contributed by atoms with Crippen LogP contribution in [-0.4, -0.2) is 116 Å². The van der Waals surface area contributed by atoms with Crippen LogP contribution in [0.2, 0.25) is 0 Å². The first-order valence-electron chi connectivity index (χ1n) is 21.5. The summed E-state index contributed by atoms with van der Waals surface area (Å²) in [6, 6.07) is 11.8. The minimum Gasteiger partial charge on any atom is -0.469 e. The molecule has 1 saturated heterocycles. The number of esters is 3. The van der Waals surface area contributed by atoms with Crippen molar-refractivity contribution in [3.05, 3.63) is 60.7 Å². The van der Waals surface area contributed by atoms with Gasteiger partial charge in [-0.3, -0.25) is 28.8 Å². The van der Waals surface area contributed by atoms with E-state index in [0.29, 0.717) is 12.8 Å². The van der Waals surface area contributed by atoms with Gasteiger partial charge >= 0.3 is 17.9 Å². The molecule has 1 aliphatic heterocycles. The molecule has 0 aromatic heterocycles. The average Bonchev–Trinajstić information content (AvgIpc) is 3.93. The van der Waals surface area contributed by atoms with Gasteiger partial charge in [-0.2, -0.15) is 0 Å². The number of benzene rings is 2. The molecule has 332 valence electrons. The molecule has 1 heterocycles. The Bertz CT molecular complexity index is 1880. The molecule has 15 heteroatoms. The van der Waals surface area contributed by atoms with Crippen LogP contribution in [0.1, 0.15) is 90.0 Å². The number of methoxy groups -OCH3 is 2. The monoisotopic (exact) mass is 846 g/mol. The highest BCUT2D eigenvalue weighted by Gasteiger charge is 2.55. The summed E-state index contributed by atoms with van der Waals surface area (Å²) in [5.41, 5.74) is -0.237. The zero-order chi connectivity index (χ0) is 44.1. The largest absolute Gasteiger partial charge is 0.469 e. The quantitative estimate of drug-likeness (QED) is 0.103. The number of carbonyl (C=O) groups excluding carboxylic acids is 7. The smallest absolute Gasteiger partial charge is 0.332 e. The van der Waals surface area contributed by atoms with Crippen molar-refractivity contribution in [1.82, 2.24) is 20.4 Å². The number of carbonyl (C=O) groups is 7. The van der Waals surface area contributed by atoms with Crippen molar-refractivity contribution in [3.63, 3.8) is 0 Å². The van der Waals surface area contributed by atoms with Crippen molar-refractivity contribution in [2.24, 2.45) is 17.8 Å². The van der Waals surface area contributed by atoms with E-state index in [-0.39, 0.29) is 64.4 Å². The van der Waals surface area contributed by atoms with Crippen LogP contribution in [0.4, 0.5) is 0 Å². The molecule has 2 aromatic rings. The lowest BCUT2D eigenvalue weighted by Crippen LogP contribution is -2.58. The van der Waals surface area contributed by atoms with Crippen molar-refractivity contribution in [1.29, 1.82) is 0 Å². The maximum atomic E-state index is 14.8. The van der Waals surface area contributed by atoms with Gasteiger partial charge in [0.25, 0.3) is 0 Å². The number of ether oxygens (including phenoxy) is 4. The molecule has 0 unspecified atom stereocenters. The predicted molar refractivity (Wildman–Crippen MR) is 225 cm³/mol. The summed E-state index contributed by atoms with van der Waals surface area (Å²) in [4.78, 5) is 97.3. The summed E-state index contributed by atoms with van der Waals surface area (Å²) in [6.45, 7) is 7.48. The van der Waals surface area contributed by atoms with E-state index in [4.69, 9.17) is 18.9 Å². The predicted octanol–water partition coefficient (Wildman–Crippen LogP) is 4.39. The van der Waals surface area contributed by atoms with E-state index < -0.39 is 77.1 Å². The molecule has 2 N–H and O–H groups in total. The van der Waals surface area contributed by atoms with Crippen LogP contribution < -0.4 is 10.6 Å². The number of nitrogens with zero attached hydrogens (tertiary/aromatic N) is 2. The van der Waals surface area contributed by atoms with E-state index >= 15 is 0 Å². The van der Waals surface area contributed by atoms with Crippen LogP contribution in [0, 0.1) is 17.8 Å². The molecule has 0 bridgehead atoms. The highest BCUT2D eigenvalue weighted by molar-refractivity contribution is 5.97. The first-order valence-corrected chi connectivity index (χ1v) is 21.5. The SMILES string of the molecule is C=CCOC(=O)C1(NC(=O)[C@@H]2C[C@@H](OCc3cccc4ccccc34)CN2C(=O)[C@@H](NC(=O)[C@@H](CC(=O)N(CCC(=O)OC)CCC(=O)OC)C2CCCCC2)C(C)C)CC1. The fourth-order valence-electron chi connectivity index (χ4n) is 8.43. The van der Waals surface area contributed by atoms with Crippen LogP contribution in [0.25, 0.3) is 10.8 Å². The number of likely N-dealkylation sites (tertiary alicyclic amines) is 1. The van der Waals surface area contributed by atoms with E-state index in [1.165, 1.54) is 30.1 Å². The van der Waals surface area contributed by atoms with Crippen molar-refractivity contribution in [2.45, 2.75) is 115 Å². The molecule has 4 atom stereocenters. The number of amides is 4. The van der Waals surface area contributed by atoms with Crippen molar-refractivity contribution >= 4 is 52.3 Å². The van der Waals surface area contributed by atoms with Crippen LogP contribution >= 0.6 is 0 Å². The summed E-state index contributed by atoms with van der Waals surface area (Å²) in [5.74, 6) is -4.84. The van der Waals surface area contributed by atoms with Gasteiger partial charge in [0.05, 0.1) is 39.8 Å². The molecule has 15 nitrogen and oxygen atoms in total. The summed E-state index contributed by atoms with van der Waals surface area (Å²) in [7, 11) is 2.50. The molecule has 2 aromatic carbocycles. The van der Waals surface area contributed by atoms with Gasteiger partial charge in [-0.15, -0.1) is 0 Å². The zero-order valence-corrected chi connectivity index (χ0v) is 36.0. The average molecular weight is 847 g/mol. The number of hydrogen-bond acceptors (Lipinski definition) is 11. The molecule has 3 fully saturated rings. The second kappa shape index (κ2) is 22.0. The van der Waals surface area contributed by atoms with Crippen molar-refractivity contribution in [3.8, 4) is 0 Å². The molecular formula is C46H62N4O11. The van der Waals surface area contributed by atoms with Gasteiger partial charge in [-0.25, -0.2) is 4.79 Å². The lowest BCUT2D eigenvalue weighted by Gasteiger charge is -2.34. The van der Waals surface area contributed by atoms with Gasteiger partial charge < -0.3 is 39.4 Å². The van der Waals surface area contributed by atoms with Crippen LogP contribution in [0.3, 0.4) is 0 Å². The number of nitrogens with one attached hydrogen (secondary N) is 2. The molecule has 0 spiro atoms. The van der Waals surface area contributed by atoms with Gasteiger partial charge in [-0.1, -0.05) is 88.2 Å². The van der Waals surface area contributed by atoms with E-state index in [0.717, 1.165) is 48.4 Å². The van der Waals surface area contributed by atoms with Crippen LogP contribution in [0.15, 0.2) is 55.1 Å². The number of rotatable bonds is 21. The van der Waals surface area contributed by atoms with Gasteiger partial charge in [0.1, 0.15) is 24.2 Å². The van der Waals surface area contributed by atoms with Gasteiger partial charge in [0, 0.05) is 38.4 Å². The first-order chi connectivity index (χ1) is 29.3. The number of fused-ring (bicyclic) bond motifs is 1. The fraction of sp³-hybridized carbons (Fsp3) is 0.587. The van der Waals surface area contributed by atoms with E-state index in [9.17, 15) is 33.6 Å². The fourth-order valence-corrected chi connectivity index (χ4v) is 8.43. The molecule has 2 saturated carbocycles. The second-order valence-electron chi connectivity index (χ2n) is 16.7. The number of hydrogen-bond donors (Lipinski definition) is 2. The summed E-state index contributed by atoms with van der Waals surface area (Å²) in [6.07, 6.45) is 5.69. The van der Waals surface area contributed by atoms with E-state index in [1.54, 1.807) is 13.8 Å². The first kappa shape index (κ1) is 46.8. The highest BCUT2D eigenvalue weighted by Crippen LogP contribution is 2.38. The third kappa shape index (κ3) is 12.4. The minimum atomic E-state index is -1.19. The topological polar surface area (TPSA) is 187 Å². The molecule has 5 rings (SSSR count). The third-order valence-electron chi connectivity index (χ3n) is 12.2. The second-order valence-corrected chi connectivity index (χ2v) is 16.7. The molecule has 4 amide bonds. The van der Waals surface area contributed by atoms with E-state index in [1.807, 2.05) is 42.5 Å². The Labute approximate surface area is 358 Å². The Morgan fingerprint density at radius 2 is 1.57 bits per heavy atom. The summed E-state index contributed by atoms with van der Waals surface area (Å²) >= 11 is 0. The van der Waals surface area contributed by atoms with Gasteiger partial charge in [0.2, 0.25) is 23.6 Å². The molecule has 2 aliphatic carbocycles. The Kier molecular flexibility index (Phi) is 16.8. The third-order valence-corrected chi connectivity index (χ3v) is 12.2. The Balaban J connectivity index is 1.37. The van der Waals surface area contributed by atoms with Crippen LogP contribution in [-0.2, 0) is 59.1 Å². The van der Waals surface area contributed by atoms with Crippen molar-refractivity contribution < 1.29 is 52.5 Å². The molecule has 0 radical (unpaired) electrons. The minimum absolute atomic E-state index is 0.00317. The highest BCUT2D eigenvalue weighted by atomic mass is 16.5.